The maximum Gasteiger partial charge on any atom is 0.300 e. The Kier molecular flexibility index (Phi) is 3.21. The predicted molar refractivity (Wildman–Crippen MR) is 84.1 cm³/mol. The summed E-state index contributed by atoms with van der Waals surface area (Å²) >= 11 is 1.28. The smallest absolute Gasteiger partial charge is 0.300 e. The Balaban J connectivity index is 2.31. The molecule has 3 rings (SSSR count). The number of benzene rings is 1. The molecule has 0 saturated carbocycles. The Hall–Kier alpha value is -2.28. The van der Waals surface area contributed by atoms with Crippen LogP contribution in [0.2, 0.25) is 0 Å². The van der Waals surface area contributed by atoms with E-state index in [0.29, 0.717) is 17.1 Å². The normalized spacial score (nSPS) is 11.3. The molecule has 0 fully saturated rings. The average Bonchev–Trinajstić information content (AvgIpc) is 2.94. The van der Waals surface area contributed by atoms with Gasteiger partial charge in [-0.1, -0.05) is 12.1 Å². The van der Waals surface area contributed by atoms with Crippen LogP contribution in [-0.4, -0.2) is 24.9 Å². The summed E-state index contributed by atoms with van der Waals surface area (Å²) in [6.45, 7) is 1.55. The number of thioether (sulfide) groups is 1. The highest BCUT2D eigenvalue weighted by atomic mass is 32.2. The number of aromatic nitrogens is 3. The number of hydrogen-bond acceptors (Lipinski definition) is 3. The highest BCUT2D eigenvalue weighted by Crippen LogP contribution is 2.25. The molecule has 2 heterocycles. The van der Waals surface area contributed by atoms with Crippen LogP contribution >= 0.6 is 11.8 Å². The molecular weight excluding hydrogens is 286 g/mol. The van der Waals surface area contributed by atoms with Gasteiger partial charge in [0.05, 0.1) is 22.5 Å². The van der Waals surface area contributed by atoms with Crippen LogP contribution in [0.15, 0.2) is 24.3 Å². The van der Waals surface area contributed by atoms with Gasteiger partial charge >= 0.3 is 0 Å². The second kappa shape index (κ2) is 4.92. The molecule has 0 atom stereocenters. The van der Waals surface area contributed by atoms with Crippen molar-refractivity contribution in [3.05, 3.63) is 35.7 Å². The number of hydrogen-bond donors (Lipinski definition) is 2. The van der Waals surface area contributed by atoms with Crippen LogP contribution in [0, 0.1) is 0 Å². The maximum atomic E-state index is 12.1. The first-order valence-electron chi connectivity index (χ1n) is 6.47. The SMILES string of the molecule is CC(=O)c1c(CSC(N)=[NH2+])nc2n(C)c3ccccc3n12. The molecule has 0 unspecified atom stereocenters. The maximum absolute atomic E-state index is 12.1. The summed E-state index contributed by atoms with van der Waals surface area (Å²) in [6, 6.07) is 7.91. The minimum Gasteiger partial charge on any atom is -0.313 e. The molecule has 0 spiro atoms. The molecule has 108 valence electrons. The molecular formula is C14H16N5OS+. The number of nitrogens with zero attached hydrogens (tertiary/aromatic N) is 3. The third-order valence-corrected chi connectivity index (χ3v) is 4.18. The van der Waals surface area contributed by atoms with E-state index in [1.165, 1.54) is 11.8 Å². The molecule has 3 aromatic rings. The van der Waals surface area contributed by atoms with Crippen LogP contribution in [0.5, 0.6) is 0 Å². The third-order valence-electron chi connectivity index (χ3n) is 3.42. The fourth-order valence-electron chi connectivity index (χ4n) is 2.56. The van der Waals surface area contributed by atoms with Crippen LogP contribution < -0.4 is 11.1 Å². The Morgan fingerprint density at radius 2 is 2.05 bits per heavy atom. The third kappa shape index (κ3) is 2.09. The Bertz CT molecular complexity index is 876. The van der Waals surface area contributed by atoms with E-state index in [9.17, 15) is 4.79 Å². The van der Waals surface area contributed by atoms with Gasteiger partial charge in [-0.15, -0.1) is 0 Å². The van der Waals surface area contributed by atoms with Crippen molar-refractivity contribution in [2.45, 2.75) is 12.7 Å². The predicted octanol–water partition coefficient (Wildman–Crippen LogP) is 0.336. The highest BCUT2D eigenvalue weighted by Gasteiger charge is 2.21. The van der Waals surface area contributed by atoms with Crippen molar-refractivity contribution < 1.29 is 10.2 Å². The lowest BCUT2D eigenvalue weighted by atomic mass is 10.2. The van der Waals surface area contributed by atoms with Gasteiger partial charge < -0.3 is 4.57 Å². The second-order valence-corrected chi connectivity index (χ2v) is 5.89. The molecule has 7 heteroatoms. The number of imidazole rings is 2. The summed E-state index contributed by atoms with van der Waals surface area (Å²) in [5.41, 5.74) is 8.79. The molecule has 0 bridgehead atoms. The van der Waals surface area contributed by atoms with Crippen LogP contribution in [0.4, 0.5) is 0 Å². The van der Waals surface area contributed by atoms with Crippen molar-refractivity contribution in [1.29, 1.82) is 0 Å². The zero-order valence-corrected chi connectivity index (χ0v) is 12.6. The highest BCUT2D eigenvalue weighted by molar-refractivity contribution is 8.12. The first-order valence-corrected chi connectivity index (χ1v) is 7.45. The summed E-state index contributed by atoms with van der Waals surface area (Å²) < 4.78 is 3.88. The van der Waals surface area contributed by atoms with Gasteiger partial charge in [-0.3, -0.25) is 20.3 Å². The minimum atomic E-state index is -0.0231. The summed E-state index contributed by atoms with van der Waals surface area (Å²) in [7, 11) is 1.94. The first-order chi connectivity index (χ1) is 10.0. The van der Waals surface area contributed by atoms with E-state index < -0.39 is 0 Å². The van der Waals surface area contributed by atoms with Crippen molar-refractivity contribution in [3.8, 4) is 0 Å². The summed E-state index contributed by atoms with van der Waals surface area (Å²) in [5, 5.41) is 5.76. The molecule has 0 amide bonds. The van der Waals surface area contributed by atoms with Crippen molar-refractivity contribution >= 4 is 39.5 Å². The number of aryl methyl sites for hydroxylation is 1. The molecule has 21 heavy (non-hydrogen) atoms. The van der Waals surface area contributed by atoms with Gasteiger partial charge in [-0.05, 0) is 23.9 Å². The van der Waals surface area contributed by atoms with Crippen LogP contribution in [0.25, 0.3) is 16.8 Å². The summed E-state index contributed by atoms with van der Waals surface area (Å²) in [4.78, 5) is 16.7. The van der Waals surface area contributed by atoms with E-state index in [2.05, 4.69) is 4.98 Å². The first kappa shape index (κ1) is 13.7. The van der Waals surface area contributed by atoms with Gasteiger partial charge in [0.25, 0.3) is 5.17 Å². The topological polar surface area (TPSA) is 90.9 Å². The fraction of sp³-hybridized carbons (Fsp3) is 0.214. The van der Waals surface area contributed by atoms with Crippen molar-refractivity contribution in [3.63, 3.8) is 0 Å². The standard InChI is InChI=1S/C14H15N5OS/c1-8(20)12-9(7-21-13(15)16)17-14-18(2)10-5-3-4-6-11(10)19(12)14/h3-6H,7H2,1-2H3,(H3,15,16)/p+1. The molecule has 0 saturated heterocycles. The number of amidine groups is 1. The molecule has 0 radical (unpaired) electrons. The van der Waals surface area contributed by atoms with Crippen LogP contribution in [-0.2, 0) is 12.8 Å². The van der Waals surface area contributed by atoms with E-state index in [1.54, 1.807) is 6.92 Å². The number of nitrogens with two attached hydrogens (primary N) is 2. The van der Waals surface area contributed by atoms with Gasteiger partial charge in [0.1, 0.15) is 5.69 Å². The summed E-state index contributed by atoms with van der Waals surface area (Å²) in [6.07, 6.45) is 0. The number of Topliss-reactive ketones (excluding diaryl/α,β-unsaturated/α-hetero) is 1. The van der Waals surface area contributed by atoms with Crippen molar-refractivity contribution in [2.75, 3.05) is 0 Å². The minimum absolute atomic E-state index is 0.0231. The van der Waals surface area contributed by atoms with Gasteiger partial charge in [-0.2, -0.15) is 0 Å². The monoisotopic (exact) mass is 302 g/mol. The Labute approximate surface area is 125 Å². The molecule has 6 nitrogen and oxygen atoms in total. The van der Waals surface area contributed by atoms with Crippen molar-refractivity contribution in [2.24, 2.45) is 12.8 Å². The Morgan fingerprint density at radius 1 is 1.38 bits per heavy atom. The summed E-state index contributed by atoms with van der Waals surface area (Å²) in [5.74, 6) is 1.20. The number of ketones is 1. The van der Waals surface area contributed by atoms with Crippen LogP contribution in [0.1, 0.15) is 23.1 Å². The quantitative estimate of drug-likeness (QED) is 0.414. The number of fused-ring (bicyclic) bond motifs is 3. The molecule has 0 aliphatic rings. The zero-order chi connectivity index (χ0) is 15.1. The number of carbonyl (C=O) groups is 1. The van der Waals surface area contributed by atoms with E-state index >= 15 is 0 Å². The van der Waals surface area contributed by atoms with Gasteiger partial charge in [0.15, 0.2) is 5.78 Å². The van der Waals surface area contributed by atoms with Crippen molar-refractivity contribution in [1.82, 2.24) is 14.0 Å². The average molecular weight is 302 g/mol. The second-order valence-electron chi connectivity index (χ2n) is 4.84. The number of para-hydroxylation sites is 2. The van der Waals surface area contributed by atoms with E-state index in [-0.39, 0.29) is 11.0 Å². The number of rotatable bonds is 3. The van der Waals surface area contributed by atoms with Crippen LogP contribution in [0.3, 0.4) is 0 Å². The largest absolute Gasteiger partial charge is 0.313 e. The fourth-order valence-corrected chi connectivity index (χ4v) is 3.07. The lowest BCUT2D eigenvalue weighted by Crippen LogP contribution is -2.43. The molecule has 2 aromatic heterocycles. The lowest BCUT2D eigenvalue weighted by Gasteiger charge is -2.00. The zero-order valence-electron chi connectivity index (χ0n) is 11.8. The van der Waals surface area contributed by atoms with E-state index in [4.69, 9.17) is 11.1 Å². The van der Waals surface area contributed by atoms with E-state index in [0.717, 1.165) is 16.8 Å². The number of carbonyl (C=O) groups excluding carboxylic acids is 1. The van der Waals surface area contributed by atoms with Gasteiger partial charge in [-0.25, -0.2) is 4.98 Å². The van der Waals surface area contributed by atoms with Gasteiger partial charge in [0, 0.05) is 14.0 Å². The lowest BCUT2D eigenvalue weighted by molar-refractivity contribution is -0.110. The molecule has 0 aliphatic heterocycles. The Morgan fingerprint density at radius 3 is 2.67 bits per heavy atom. The molecule has 1 aromatic carbocycles. The van der Waals surface area contributed by atoms with E-state index in [1.807, 2.05) is 40.3 Å². The molecule has 4 N–H and O–H groups in total. The molecule has 0 aliphatic carbocycles. The van der Waals surface area contributed by atoms with Gasteiger partial charge in [0.2, 0.25) is 5.78 Å².